The fraction of sp³-hybridized carbons (Fsp3) is 0.375. The minimum atomic E-state index is -0.536. The van der Waals surface area contributed by atoms with Gasteiger partial charge in [0.25, 0.3) is 5.91 Å². The first-order valence-corrected chi connectivity index (χ1v) is 7.88. The number of anilines is 2. The van der Waals surface area contributed by atoms with Gasteiger partial charge in [0.2, 0.25) is 5.69 Å². The molecule has 1 aliphatic heterocycles. The van der Waals surface area contributed by atoms with Gasteiger partial charge in [-0.05, 0) is 25.0 Å². The van der Waals surface area contributed by atoms with Gasteiger partial charge in [0, 0.05) is 20.1 Å². The maximum Gasteiger partial charge on any atom is 0.322 e. The molecule has 2 aromatic rings. The van der Waals surface area contributed by atoms with Gasteiger partial charge in [0.1, 0.15) is 5.69 Å². The van der Waals surface area contributed by atoms with Crippen LogP contribution in [0.25, 0.3) is 0 Å². The van der Waals surface area contributed by atoms with Crippen molar-refractivity contribution in [3.8, 4) is 0 Å². The Morgan fingerprint density at radius 3 is 2.71 bits per heavy atom. The van der Waals surface area contributed by atoms with Crippen molar-refractivity contribution in [3.05, 3.63) is 45.8 Å². The molecule has 1 amide bonds. The van der Waals surface area contributed by atoms with Crippen molar-refractivity contribution < 1.29 is 9.72 Å². The second-order valence-corrected chi connectivity index (χ2v) is 5.73. The molecule has 0 radical (unpaired) electrons. The third kappa shape index (κ3) is 2.60. The maximum atomic E-state index is 13.0. The molecule has 8 heteroatoms. The summed E-state index contributed by atoms with van der Waals surface area (Å²) in [6.07, 6.45) is 1.19. The highest BCUT2D eigenvalue weighted by atomic mass is 16.6. The monoisotopic (exact) mass is 329 g/mol. The van der Waals surface area contributed by atoms with Gasteiger partial charge in [-0.2, -0.15) is 5.10 Å². The first kappa shape index (κ1) is 16.0. The van der Waals surface area contributed by atoms with Crippen LogP contribution in [0.1, 0.15) is 29.5 Å². The van der Waals surface area contributed by atoms with Crippen LogP contribution in [0.3, 0.4) is 0 Å². The van der Waals surface area contributed by atoms with Gasteiger partial charge in [-0.1, -0.05) is 19.1 Å². The number of para-hydroxylation sites is 2. The van der Waals surface area contributed by atoms with E-state index in [1.165, 1.54) is 0 Å². The van der Waals surface area contributed by atoms with Crippen LogP contribution in [-0.2, 0) is 6.42 Å². The fourth-order valence-electron chi connectivity index (χ4n) is 3.03. The molecule has 0 unspecified atom stereocenters. The Bertz CT molecular complexity index is 786. The highest BCUT2D eigenvalue weighted by Gasteiger charge is 2.33. The number of nitrogens with one attached hydrogen (secondary N) is 1. The van der Waals surface area contributed by atoms with Crippen LogP contribution in [0.5, 0.6) is 0 Å². The first-order valence-electron chi connectivity index (χ1n) is 7.88. The molecule has 0 fully saturated rings. The lowest BCUT2D eigenvalue weighted by molar-refractivity contribution is -0.385. The van der Waals surface area contributed by atoms with Crippen LogP contribution in [-0.4, -0.2) is 41.2 Å². The van der Waals surface area contributed by atoms with Crippen molar-refractivity contribution in [2.45, 2.75) is 19.8 Å². The largest absolute Gasteiger partial charge is 0.373 e. The molecule has 2 heterocycles. The summed E-state index contributed by atoms with van der Waals surface area (Å²) in [4.78, 5) is 27.5. The molecule has 126 valence electrons. The Morgan fingerprint density at radius 1 is 1.33 bits per heavy atom. The number of nitrogens with zero attached hydrogens (tertiary/aromatic N) is 4. The number of carbonyl (C=O) groups is 1. The summed E-state index contributed by atoms with van der Waals surface area (Å²) in [5.41, 5.74) is 1.69. The van der Waals surface area contributed by atoms with Crippen LogP contribution in [0.15, 0.2) is 24.3 Å². The zero-order chi connectivity index (χ0) is 17.3. The van der Waals surface area contributed by atoms with Crippen LogP contribution in [0, 0.1) is 10.1 Å². The highest BCUT2D eigenvalue weighted by molar-refractivity contribution is 6.09. The average Bonchev–Trinajstić information content (AvgIpc) is 2.95. The number of aryl methyl sites for hydroxylation is 1. The molecule has 0 bridgehead atoms. The molecular formula is C16H19N5O3. The van der Waals surface area contributed by atoms with Gasteiger partial charge >= 0.3 is 5.69 Å². The number of amides is 1. The highest BCUT2D eigenvalue weighted by Crippen LogP contribution is 2.33. The van der Waals surface area contributed by atoms with Crippen molar-refractivity contribution in [1.29, 1.82) is 0 Å². The van der Waals surface area contributed by atoms with Crippen molar-refractivity contribution in [3.63, 3.8) is 0 Å². The van der Waals surface area contributed by atoms with E-state index in [0.717, 1.165) is 24.3 Å². The van der Waals surface area contributed by atoms with Crippen LogP contribution in [0.4, 0.5) is 17.1 Å². The lowest BCUT2D eigenvalue weighted by Gasteiger charge is -2.23. The summed E-state index contributed by atoms with van der Waals surface area (Å²) < 4.78 is 0. The first-order chi connectivity index (χ1) is 11.5. The summed E-state index contributed by atoms with van der Waals surface area (Å²) in [5, 5.41) is 17.9. The molecule has 0 saturated heterocycles. The number of benzene rings is 1. The minimum absolute atomic E-state index is 0.129. The second-order valence-electron chi connectivity index (χ2n) is 5.73. The fourth-order valence-corrected chi connectivity index (χ4v) is 3.03. The van der Waals surface area contributed by atoms with Crippen LogP contribution >= 0.6 is 0 Å². The molecule has 1 aromatic carbocycles. The molecule has 3 rings (SSSR count). The Kier molecular flexibility index (Phi) is 4.20. The number of hydrogen-bond acceptors (Lipinski definition) is 5. The zero-order valence-electron chi connectivity index (χ0n) is 13.7. The molecule has 0 saturated carbocycles. The van der Waals surface area contributed by atoms with Gasteiger partial charge in [0.05, 0.1) is 16.3 Å². The lowest BCUT2D eigenvalue weighted by atomic mass is 10.2. The van der Waals surface area contributed by atoms with E-state index < -0.39 is 10.8 Å². The van der Waals surface area contributed by atoms with Gasteiger partial charge in [-0.25, -0.2) is 0 Å². The van der Waals surface area contributed by atoms with Crippen LogP contribution in [0.2, 0.25) is 0 Å². The molecule has 1 N–H and O–H groups in total. The van der Waals surface area contributed by atoms with Crippen LogP contribution < -0.4 is 9.80 Å². The summed E-state index contributed by atoms with van der Waals surface area (Å²) in [6, 6.07) is 7.57. The smallest absolute Gasteiger partial charge is 0.322 e. The number of fused-ring (bicyclic) bond motifs is 1. The van der Waals surface area contributed by atoms with E-state index in [1.807, 2.05) is 31.3 Å². The number of rotatable bonds is 3. The number of hydrogen-bond donors (Lipinski definition) is 1. The van der Waals surface area contributed by atoms with Gasteiger partial charge in [-0.15, -0.1) is 0 Å². The van der Waals surface area contributed by atoms with Gasteiger partial charge in [0.15, 0.2) is 0 Å². The van der Waals surface area contributed by atoms with E-state index in [1.54, 1.807) is 11.8 Å². The van der Waals surface area contributed by atoms with Gasteiger partial charge < -0.3 is 9.80 Å². The predicted octanol–water partition coefficient (Wildman–Crippen LogP) is 2.37. The molecular weight excluding hydrogens is 310 g/mol. The van der Waals surface area contributed by atoms with E-state index in [-0.39, 0.29) is 11.4 Å². The predicted molar refractivity (Wildman–Crippen MR) is 90.6 cm³/mol. The topological polar surface area (TPSA) is 95.4 Å². The minimum Gasteiger partial charge on any atom is -0.373 e. The normalized spacial score (nSPS) is 14.2. The van der Waals surface area contributed by atoms with E-state index >= 15 is 0 Å². The van der Waals surface area contributed by atoms with E-state index in [0.29, 0.717) is 18.7 Å². The van der Waals surface area contributed by atoms with Crippen molar-refractivity contribution in [2.75, 3.05) is 29.9 Å². The molecule has 1 aliphatic rings. The number of nitro groups is 1. The summed E-state index contributed by atoms with van der Waals surface area (Å²) in [6.45, 7) is 3.08. The van der Waals surface area contributed by atoms with E-state index in [4.69, 9.17) is 0 Å². The van der Waals surface area contributed by atoms with Gasteiger partial charge in [-0.3, -0.25) is 20.0 Å². The zero-order valence-corrected chi connectivity index (χ0v) is 13.7. The number of carbonyl (C=O) groups excluding carboxylic acids is 1. The Hall–Kier alpha value is -2.90. The van der Waals surface area contributed by atoms with E-state index in [2.05, 4.69) is 15.1 Å². The molecule has 8 nitrogen and oxygen atoms in total. The summed E-state index contributed by atoms with van der Waals surface area (Å²) >= 11 is 0. The molecule has 0 spiro atoms. The standard InChI is InChI=1S/C16H19N5O3/c1-3-11-15(21(23)24)14(18-17-11)16(22)20-10-6-9-19(2)12-7-4-5-8-13(12)20/h4-5,7-8H,3,6,9-10H2,1-2H3,(H,17,18). The Labute approximate surface area is 139 Å². The molecule has 0 atom stereocenters. The average molecular weight is 329 g/mol. The summed E-state index contributed by atoms with van der Waals surface area (Å²) in [5.74, 6) is -0.444. The SMILES string of the molecule is CCc1[nH]nc(C(=O)N2CCCN(C)c3ccccc32)c1[N+](=O)[O-]. The third-order valence-corrected chi connectivity index (χ3v) is 4.26. The number of H-pyrrole nitrogens is 1. The van der Waals surface area contributed by atoms with Crippen molar-refractivity contribution in [2.24, 2.45) is 0 Å². The van der Waals surface area contributed by atoms with Crippen molar-refractivity contribution >= 4 is 23.0 Å². The lowest BCUT2D eigenvalue weighted by Crippen LogP contribution is -2.32. The number of aromatic amines is 1. The Morgan fingerprint density at radius 2 is 2.04 bits per heavy atom. The molecule has 0 aliphatic carbocycles. The Balaban J connectivity index is 2.06. The summed E-state index contributed by atoms with van der Waals surface area (Å²) in [7, 11) is 1.97. The number of aromatic nitrogens is 2. The molecule has 24 heavy (non-hydrogen) atoms. The maximum absolute atomic E-state index is 13.0. The third-order valence-electron chi connectivity index (χ3n) is 4.26. The van der Waals surface area contributed by atoms with Crippen molar-refractivity contribution in [1.82, 2.24) is 10.2 Å². The second kappa shape index (κ2) is 6.31. The van der Waals surface area contributed by atoms with E-state index in [9.17, 15) is 14.9 Å². The quantitative estimate of drug-likeness (QED) is 0.689. The molecule has 1 aromatic heterocycles.